The first-order valence-electron chi connectivity index (χ1n) is 9.06. The number of hydrogen-bond acceptors (Lipinski definition) is 5. The minimum Gasteiger partial charge on any atom is -0.366 e. The van der Waals surface area contributed by atoms with Gasteiger partial charge in [0.15, 0.2) is 0 Å². The lowest BCUT2D eigenvalue weighted by atomic mass is 10.2. The highest BCUT2D eigenvalue weighted by molar-refractivity contribution is 5.89. The molecule has 1 aliphatic heterocycles. The Morgan fingerprint density at radius 3 is 2.43 bits per heavy atom. The largest absolute Gasteiger partial charge is 0.366 e. The number of carbonyl (C=O) groups excluding carboxylic acids is 1. The van der Waals surface area contributed by atoms with Crippen LogP contribution >= 0.6 is 0 Å². The Bertz CT molecular complexity index is 965. The number of urea groups is 1. The lowest BCUT2D eigenvalue weighted by Crippen LogP contribution is -2.50. The number of benzene rings is 2. The molecule has 0 atom stereocenters. The summed E-state index contributed by atoms with van der Waals surface area (Å²) in [6.07, 6.45) is 0. The molecule has 0 radical (unpaired) electrons. The van der Waals surface area contributed by atoms with Gasteiger partial charge in [-0.1, -0.05) is 17.3 Å². The number of piperazine rings is 1. The number of rotatable bonds is 3. The highest BCUT2D eigenvalue weighted by Gasteiger charge is 2.22. The van der Waals surface area contributed by atoms with Crippen LogP contribution in [0, 0.1) is 12.7 Å². The highest BCUT2D eigenvalue weighted by atomic mass is 19.1. The van der Waals surface area contributed by atoms with Crippen LogP contribution in [0.1, 0.15) is 5.89 Å². The van der Waals surface area contributed by atoms with E-state index in [0.29, 0.717) is 49.3 Å². The van der Waals surface area contributed by atoms with Crippen LogP contribution in [0.3, 0.4) is 0 Å². The van der Waals surface area contributed by atoms with Gasteiger partial charge < -0.3 is 19.6 Å². The topological polar surface area (TPSA) is 74.5 Å². The molecule has 0 spiro atoms. The molecule has 0 unspecified atom stereocenters. The molecule has 2 amide bonds. The Kier molecular flexibility index (Phi) is 4.92. The first-order chi connectivity index (χ1) is 13.6. The van der Waals surface area contributed by atoms with Crippen molar-refractivity contribution in [1.82, 2.24) is 15.0 Å². The Balaban J connectivity index is 1.34. The molecule has 2 heterocycles. The average Bonchev–Trinajstić information content (AvgIpc) is 3.15. The van der Waals surface area contributed by atoms with Crippen LogP contribution in [0.15, 0.2) is 53.1 Å². The number of nitrogens with one attached hydrogen (secondary N) is 1. The lowest BCUT2D eigenvalue weighted by Gasteiger charge is -2.36. The maximum atomic E-state index is 13.9. The fraction of sp³-hybridized carbons (Fsp3) is 0.250. The van der Waals surface area contributed by atoms with Crippen LogP contribution in [-0.4, -0.2) is 47.3 Å². The molecule has 3 aromatic rings. The van der Waals surface area contributed by atoms with Gasteiger partial charge in [-0.3, -0.25) is 0 Å². The molecule has 1 aliphatic rings. The second kappa shape index (κ2) is 7.67. The highest BCUT2D eigenvalue weighted by Crippen LogP contribution is 2.21. The first-order valence-corrected chi connectivity index (χ1v) is 9.06. The van der Waals surface area contributed by atoms with E-state index in [1.807, 2.05) is 23.1 Å². The van der Waals surface area contributed by atoms with Crippen molar-refractivity contribution in [3.8, 4) is 11.4 Å². The predicted molar refractivity (Wildman–Crippen MR) is 104 cm³/mol. The number of nitrogens with zero attached hydrogens (tertiary/aromatic N) is 4. The summed E-state index contributed by atoms with van der Waals surface area (Å²) in [7, 11) is 0. The van der Waals surface area contributed by atoms with Crippen molar-refractivity contribution in [3.05, 3.63) is 60.2 Å². The van der Waals surface area contributed by atoms with E-state index in [1.54, 1.807) is 36.1 Å². The predicted octanol–water partition coefficient (Wildman–Crippen LogP) is 3.54. The zero-order chi connectivity index (χ0) is 19.5. The molecule has 2 aromatic carbocycles. The zero-order valence-electron chi connectivity index (χ0n) is 15.4. The molecule has 0 aliphatic carbocycles. The molecular weight excluding hydrogens is 361 g/mol. The second-order valence-electron chi connectivity index (χ2n) is 6.57. The normalized spacial score (nSPS) is 14.2. The third-order valence-corrected chi connectivity index (χ3v) is 4.68. The molecule has 4 rings (SSSR count). The van der Waals surface area contributed by atoms with Crippen molar-refractivity contribution in [2.24, 2.45) is 0 Å². The van der Waals surface area contributed by atoms with Gasteiger partial charge in [0.25, 0.3) is 0 Å². The molecule has 1 aromatic heterocycles. The van der Waals surface area contributed by atoms with E-state index in [2.05, 4.69) is 15.5 Å². The Morgan fingerprint density at radius 1 is 1.07 bits per heavy atom. The maximum absolute atomic E-state index is 13.9. The molecule has 1 N–H and O–H groups in total. The van der Waals surface area contributed by atoms with Crippen molar-refractivity contribution in [2.75, 3.05) is 36.4 Å². The molecule has 0 saturated carbocycles. The lowest BCUT2D eigenvalue weighted by molar-refractivity contribution is 0.208. The summed E-state index contributed by atoms with van der Waals surface area (Å²) in [6.45, 7) is 3.97. The third kappa shape index (κ3) is 3.80. The van der Waals surface area contributed by atoms with E-state index < -0.39 is 0 Å². The van der Waals surface area contributed by atoms with Crippen LogP contribution in [0.4, 0.5) is 20.6 Å². The van der Waals surface area contributed by atoms with E-state index >= 15 is 0 Å². The Labute approximate surface area is 161 Å². The van der Waals surface area contributed by atoms with Gasteiger partial charge in [-0.25, -0.2) is 9.18 Å². The van der Waals surface area contributed by atoms with Gasteiger partial charge in [0.1, 0.15) is 5.82 Å². The van der Waals surface area contributed by atoms with Crippen molar-refractivity contribution >= 4 is 17.4 Å². The number of anilines is 2. The van der Waals surface area contributed by atoms with Gasteiger partial charge in [-0.05, 0) is 36.4 Å². The number of halogens is 1. The molecule has 144 valence electrons. The summed E-state index contributed by atoms with van der Waals surface area (Å²) in [5.74, 6) is 0.777. The maximum Gasteiger partial charge on any atom is 0.321 e. The van der Waals surface area contributed by atoms with Gasteiger partial charge in [-0.2, -0.15) is 4.98 Å². The van der Waals surface area contributed by atoms with Crippen molar-refractivity contribution < 1.29 is 13.7 Å². The smallest absolute Gasteiger partial charge is 0.321 e. The summed E-state index contributed by atoms with van der Waals surface area (Å²) in [5.41, 5.74) is 2.08. The fourth-order valence-electron chi connectivity index (χ4n) is 3.18. The van der Waals surface area contributed by atoms with E-state index in [-0.39, 0.29) is 11.8 Å². The van der Waals surface area contributed by atoms with Crippen LogP contribution in [-0.2, 0) is 0 Å². The summed E-state index contributed by atoms with van der Waals surface area (Å²) >= 11 is 0. The number of amides is 2. The second-order valence-corrected chi connectivity index (χ2v) is 6.57. The quantitative estimate of drug-likeness (QED) is 0.751. The van der Waals surface area contributed by atoms with Crippen molar-refractivity contribution in [1.29, 1.82) is 0 Å². The van der Waals surface area contributed by atoms with Crippen LogP contribution in [0.5, 0.6) is 0 Å². The van der Waals surface area contributed by atoms with Crippen LogP contribution in [0.2, 0.25) is 0 Å². The number of aromatic nitrogens is 2. The van der Waals surface area contributed by atoms with Gasteiger partial charge in [0.2, 0.25) is 11.7 Å². The molecular formula is C20H20FN5O2. The summed E-state index contributed by atoms with van der Waals surface area (Å²) in [6, 6.07) is 13.8. The minimum absolute atomic E-state index is 0.170. The minimum atomic E-state index is -0.239. The molecule has 1 saturated heterocycles. The monoisotopic (exact) mass is 381 g/mol. The molecule has 8 heteroatoms. The molecule has 1 fully saturated rings. The molecule has 7 nitrogen and oxygen atoms in total. The summed E-state index contributed by atoms with van der Waals surface area (Å²) in [5, 5.41) is 6.77. The number of hydrogen-bond donors (Lipinski definition) is 1. The molecule has 28 heavy (non-hydrogen) atoms. The first kappa shape index (κ1) is 18.0. The van der Waals surface area contributed by atoms with Gasteiger partial charge in [0.05, 0.1) is 5.69 Å². The van der Waals surface area contributed by atoms with Gasteiger partial charge in [-0.15, -0.1) is 0 Å². The Morgan fingerprint density at radius 2 is 1.79 bits per heavy atom. The average molecular weight is 381 g/mol. The van der Waals surface area contributed by atoms with E-state index in [4.69, 9.17) is 4.52 Å². The van der Waals surface area contributed by atoms with E-state index in [1.165, 1.54) is 6.07 Å². The zero-order valence-corrected chi connectivity index (χ0v) is 15.4. The van der Waals surface area contributed by atoms with Crippen molar-refractivity contribution in [2.45, 2.75) is 6.92 Å². The number of aryl methyl sites for hydroxylation is 1. The summed E-state index contributed by atoms with van der Waals surface area (Å²) < 4.78 is 18.9. The van der Waals surface area contributed by atoms with Crippen LogP contribution in [0.25, 0.3) is 11.4 Å². The van der Waals surface area contributed by atoms with Crippen molar-refractivity contribution in [3.63, 3.8) is 0 Å². The van der Waals surface area contributed by atoms with E-state index in [9.17, 15) is 9.18 Å². The van der Waals surface area contributed by atoms with E-state index in [0.717, 1.165) is 5.56 Å². The fourth-order valence-corrected chi connectivity index (χ4v) is 3.18. The van der Waals surface area contributed by atoms with Gasteiger partial charge in [0, 0.05) is 44.4 Å². The number of carbonyl (C=O) groups is 1. The SMILES string of the molecule is Cc1nc(-c2ccc(NC(=O)N3CCN(c4ccccc4F)CC3)cc2)no1. The van der Waals surface area contributed by atoms with Gasteiger partial charge >= 0.3 is 6.03 Å². The molecule has 0 bridgehead atoms. The summed E-state index contributed by atoms with van der Waals surface area (Å²) in [4.78, 5) is 20.4. The Hall–Kier alpha value is -3.42. The third-order valence-electron chi connectivity index (χ3n) is 4.68. The van der Waals surface area contributed by atoms with Crippen LogP contribution < -0.4 is 10.2 Å². The number of para-hydroxylation sites is 1. The standard InChI is InChI=1S/C20H20FN5O2/c1-14-22-19(24-28-14)15-6-8-16(9-7-15)23-20(27)26-12-10-25(11-13-26)18-5-3-2-4-17(18)21/h2-9H,10-13H2,1H3,(H,23,27).